The van der Waals surface area contributed by atoms with Gasteiger partial charge in [0.2, 0.25) is 0 Å². The lowest BCUT2D eigenvalue weighted by atomic mass is 9.93. The summed E-state index contributed by atoms with van der Waals surface area (Å²) in [5.41, 5.74) is 2.35. The Labute approximate surface area is 95.8 Å². The third kappa shape index (κ3) is 2.61. The van der Waals surface area contributed by atoms with E-state index in [4.69, 9.17) is 9.52 Å². The van der Waals surface area contributed by atoms with E-state index in [0.717, 1.165) is 16.7 Å². The number of ketones is 1. The van der Waals surface area contributed by atoms with Crippen molar-refractivity contribution in [2.75, 3.05) is 0 Å². The first-order valence-corrected chi connectivity index (χ1v) is 5.37. The molecule has 0 aromatic carbocycles. The number of carbonyl (C=O) groups is 1. The van der Waals surface area contributed by atoms with E-state index in [0.29, 0.717) is 5.76 Å². The van der Waals surface area contributed by atoms with Crippen molar-refractivity contribution in [1.82, 2.24) is 0 Å². The largest absolute Gasteiger partial charge is 0.464 e. The second kappa shape index (κ2) is 5.12. The van der Waals surface area contributed by atoms with Gasteiger partial charge in [-0.25, -0.2) is 0 Å². The van der Waals surface area contributed by atoms with Crippen LogP contribution in [0.4, 0.5) is 0 Å². The summed E-state index contributed by atoms with van der Waals surface area (Å²) in [5, 5.41) is 8.95. The Morgan fingerprint density at radius 1 is 1.44 bits per heavy atom. The fraction of sp³-hybridized carbons (Fsp3) is 0.462. The summed E-state index contributed by atoms with van der Waals surface area (Å²) in [6, 6.07) is 1.76. The van der Waals surface area contributed by atoms with Crippen LogP contribution in [0.3, 0.4) is 0 Å². The van der Waals surface area contributed by atoms with Crippen LogP contribution < -0.4 is 0 Å². The number of aliphatic hydroxyl groups is 1. The third-order valence-electron chi connectivity index (χ3n) is 2.57. The molecule has 1 aromatic heterocycles. The highest BCUT2D eigenvalue weighted by atomic mass is 16.3. The zero-order chi connectivity index (χ0) is 12.3. The van der Waals surface area contributed by atoms with Crippen molar-refractivity contribution < 1.29 is 14.3 Å². The van der Waals surface area contributed by atoms with Crippen LogP contribution in [0, 0.1) is 5.92 Å². The molecule has 0 atom stereocenters. The van der Waals surface area contributed by atoms with E-state index >= 15 is 0 Å². The van der Waals surface area contributed by atoms with Crippen molar-refractivity contribution in [1.29, 1.82) is 0 Å². The van der Waals surface area contributed by atoms with Gasteiger partial charge in [0.15, 0.2) is 5.78 Å². The van der Waals surface area contributed by atoms with Crippen LogP contribution >= 0.6 is 0 Å². The summed E-state index contributed by atoms with van der Waals surface area (Å²) in [4.78, 5) is 11.5. The Kier molecular flexibility index (Phi) is 4.07. The fourth-order valence-corrected chi connectivity index (χ4v) is 1.89. The number of hydrogen-bond donors (Lipinski definition) is 1. The first-order valence-electron chi connectivity index (χ1n) is 5.37. The molecular formula is C13H18O3. The summed E-state index contributed by atoms with van der Waals surface area (Å²) in [6.45, 7) is 7.35. The van der Waals surface area contributed by atoms with Gasteiger partial charge in [0.1, 0.15) is 5.76 Å². The zero-order valence-corrected chi connectivity index (χ0v) is 10.2. The van der Waals surface area contributed by atoms with Crippen molar-refractivity contribution in [3.05, 3.63) is 29.2 Å². The van der Waals surface area contributed by atoms with Crippen LogP contribution in [0.25, 0.3) is 5.57 Å². The summed E-state index contributed by atoms with van der Waals surface area (Å²) in [5.74, 6) is 0.887. The van der Waals surface area contributed by atoms with E-state index in [1.807, 2.05) is 20.8 Å². The maximum absolute atomic E-state index is 11.5. The molecule has 0 aliphatic heterocycles. The van der Waals surface area contributed by atoms with Crippen LogP contribution in [0.2, 0.25) is 0 Å². The molecule has 1 N–H and O–H groups in total. The molecule has 0 aliphatic rings. The standard InChI is InChI=1S/C13H18O3/c1-8(2)13(10(4)15)9(3)12-5-11(6-14)7-16-12/h5,7-8,14H,6H2,1-4H3. The number of aliphatic hydroxyl groups excluding tert-OH is 1. The monoisotopic (exact) mass is 222 g/mol. The van der Waals surface area contributed by atoms with Crippen LogP contribution in [-0.4, -0.2) is 10.9 Å². The van der Waals surface area contributed by atoms with E-state index in [9.17, 15) is 4.79 Å². The summed E-state index contributed by atoms with van der Waals surface area (Å²) in [6.07, 6.45) is 1.51. The van der Waals surface area contributed by atoms with Gasteiger partial charge in [-0.1, -0.05) is 13.8 Å². The lowest BCUT2D eigenvalue weighted by molar-refractivity contribution is -0.114. The minimum absolute atomic E-state index is 0.0478. The molecule has 0 saturated carbocycles. The van der Waals surface area contributed by atoms with E-state index in [1.54, 1.807) is 13.0 Å². The van der Waals surface area contributed by atoms with Gasteiger partial charge in [-0.2, -0.15) is 0 Å². The average Bonchev–Trinajstić information content (AvgIpc) is 2.64. The van der Waals surface area contributed by atoms with E-state index < -0.39 is 0 Å². The number of furan rings is 1. The summed E-state index contributed by atoms with van der Waals surface area (Å²) >= 11 is 0. The Hall–Kier alpha value is -1.35. The van der Waals surface area contributed by atoms with Gasteiger partial charge in [0.05, 0.1) is 12.9 Å². The number of rotatable bonds is 4. The molecule has 0 unspecified atom stereocenters. The van der Waals surface area contributed by atoms with Crippen molar-refractivity contribution in [3.63, 3.8) is 0 Å². The van der Waals surface area contributed by atoms with Gasteiger partial charge >= 0.3 is 0 Å². The molecule has 88 valence electrons. The summed E-state index contributed by atoms with van der Waals surface area (Å²) in [7, 11) is 0. The first kappa shape index (κ1) is 12.7. The third-order valence-corrected chi connectivity index (χ3v) is 2.57. The van der Waals surface area contributed by atoms with Crippen molar-refractivity contribution in [2.24, 2.45) is 5.92 Å². The van der Waals surface area contributed by atoms with Gasteiger partial charge < -0.3 is 9.52 Å². The highest BCUT2D eigenvalue weighted by molar-refractivity contribution is 6.00. The Bertz CT molecular complexity index is 411. The molecule has 0 fully saturated rings. The van der Waals surface area contributed by atoms with Crippen molar-refractivity contribution >= 4 is 11.4 Å². The maximum atomic E-state index is 11.5. The molecular weight excluding hydrogens is 204 g/mol. The molecule has 0 saturated heterocycles. The molecule has 16 heavy (non-hydrogen) atoms. The lowest BCUT2D eigenvalue weighted by Crippen LogP contribution is -2.06. The van der Waals surface area contributed by atoms with Gasteiger partial charge in [0, 0.05) is 11.1 Å². The minimum atomic E-state index is -0.0478. The topological polar surface area (TPSA) is 50.4 Å². The van der Waals surface area contributed by atoms with Crippen LogP contribution in [0.1, 0.15) is 39.0 Å². The van der Waals surface area contributed by atoms with Gasteiger partial charge in [-0.05, 0) is 31.4 Å². The van der Waals surface area contributed by atoms with E-state index in [2.05, 4.69) is 0 Å². The van der Waals surface area contributed by atoms with E-state index in [1.165, 1.54) is 6.26 Å². The number of carbonyl (C=O) groups excluding carboxylic acids is 1. The second-order valence-electron chi connectivity index (χ2n) is 4.23. The molecule has 1 rings (SSSR count). The smallest absolute Gasteiger partial charge is 0.156 e. The number of hydrogen-bond acceptors (Lipinski definition) is 3. The molecule has 0 radical (unpaired) electrons. The van der Waals surface area contributed by atoms with Crippen LogP contribution in [0.5, 0.6) is 0 Å². The van der Waals surface area contributed by atoms with E-state index in [-0.39, 0.29) is 18.3 Å². The first-order chi connectivity index (χ1) is 7.47. The van der Waals surface area contributed by atoms with Crippen molar-refractivity contribution in [3.8, 4) is 0 Å². The highest BCUT2D eigenvalue weighted by Crippen LogP contribution is 2.25. The SMILES string of the molecule is CC(=O)C(=C(C)c1cc(CO)co1)C(C)C. The fourth-order valence-electron chi connectivity index (χ4n) is 1.89. The van der Waals surface area contributed by atoms with Crippen LogP contribution in [0.15, 0.2) is 22.3 Å². The summed E-state index contributed by atoms with van der Waals surface area (Å²) < 4.78 is 5.33. The minimum Gasteiger partial charge on any atom is -0.464 e. The van der Waals surface area contributed by atoms with Crippen LogP contribution in [-0.2, 0) is 11.4 Å². The molecule has 1 aromatic rings. The molecule has 0 aliphatic carbocycles. The van der Waals surface area contributed by atoms with Crippen molar-refractivity contribution in [2.45, 2.75) is 34.3 Å². The second-order valence-corrected chi connectivity index (χ2v) is 4.23. The Morgan fingerprint density at radius 2 is 2.06 bits per heavy atom. The maximum Gasteiger partial charge on any atom is 0.156 e. The molecule has 0 amide bonds. The van der Waals surface area contributed by atoms with Gasteiger partial charge in [-0.15, -0.1) is 0 Å². The van der Waals surface area contributed by atoms with Gasteiger partial charge in [0.25, 0.3) is 0 Å². The number of allylic oxidation sites excluding steroid dienone is 2. The lowest BCUT2D eigenvalue weighted by Gasteiger charge is -2.11. The average molecular weight is 222 g/mol. The molecule has 0 bridgehead atoms. The molecule has 3 heteroatoms. The highest BCUT2D eigenvalue weighted by Gasteiger charge is 2.15. The predicted octanol–water partition coefficient (Wildman–Crippen LogP) is 2.79. The molecule has 0 spiro atoms. The molecule has 3 nitrogen and oxygen atoms in total. The predicted molar refractivity (Wildman–Crippen MR) is 62.7 cm³/mol. The normalized spacial score (nSPS) is 12.9. The quantitative estimate of drug-likeness (QED) is 0.797. The molecule has 1 heterocycles. The number of Topliss-reactive ketones (excluding diaryl/α,β-unsaturated/α-hetero) is 1. The Morgan fingerprint density at radius 3 is 2.44 bits per heavy atom. The zero-order valence-electron chi connectivity index (χ0n) is 10.2. The van der Waals surface area contributed by atoms with Gasteiger partial charge in [-0.3, -0.25) is 4.79 Å². The Balaban J connectivity index is 3.18.